The molecule has 116 valence electrons. The van der Waals surface area contributed by atoms with Crippen LogP contribution < -0.4 is 0 Å². The van der Waals surface area contributed by atoms with Gasteiger partial charge in [0.2, 0.25) is 0 Å². The standard InChI is InChI=1S/C20H13NO2S/c22-20(23)15-7-2-1-6-13(15)14-8-5-11-18-16(14)12-21-17-9-3-4-10-19(17)24-18/h1-12H,(H,22,23). The lowest BCUT2D eigenvalue weighted by atomic mass is 9.95. The van der Waals surface area contributed by atoms with Crippen LogP contribution >= 0.6 is 11.8 Å². The summed E-state index contributed by atoms with van der Waals surface area (Å²) in [5, 5.41) is 9.49. The van der Waals surface area contributed by atoms with Crippen molar-refractivity contribution in [2.24, 2.45) is 4.99 Å². The van der Waals surface area contributed by atoms with Crippen LogP contribution in [0.25, 0.3) is 11.1 Å². The third kappa shape index (κ3) is 2.51. The maximum Gasteiger partial charge on any atom is 0.336 e. The van der Waals surface area contributed by atoms with Gasteiger partial charge in [0.05, 0.1) is 11.3 Å². The van der Waals surface area contributed by atoms with Crippen molar-refractivity contribution in [3.63, 3.8) is 0 Å². The lowest BCUT2D eigenvalue weighted by molar-refractivity contribution is 0.0697. The number of hydrogen-bond donors (Lipinski definition) is 1. The maximum atomic E-state index is 11.6. The van der Waals surface area contributed by atoms with Crippen molar-refractivity contribution in [3.05, 3.63) is 77.9 Å². The van der Waals surface area contributed by atoms with Crippen LogP contribution in [0.2, 0.25) is 0 Å². The molecule has 3 nitrogen and oxygen atoms in total. The molecular weight excluding hydrogens is 318 g/mol. The fourth-order valence-electron chi connectivity index (χ4n) is 2.81. The molecule has 4 heteroatoms. The van der Waals surface area contributed by atoms with E-state index in [1.165, 1.54) is 0 Å². The van der Waals surface area contributed by atoms with Crippen LogP contribution in [-0.2, 0) is 0 Å². The minimum atomic E-state index is -0.926. The highest BCUT2D eigenvalue weighted by atomic mass is 32.2. The number of hydrogen-bond acceptors (Lipinski definition) is 3. The number of aliphatic imine (C=N–C) groups is 1. The molecule has 3 aromatic carbocycles. The second-order valence-corrected chi connectivity index (χ2v) is 6.48. The summed E-state index contributed by atoms with van der Waals surface area (Å²) in [6.45, 7) is 0. The van der Waals surface area contributed by atoms with Gasteiger partial charge in [-0.3, -0.25) is 4.99 Å². The molecule has 4 rings (SSSR count). The molecule has 0 atom stereocenters. The number of benzene rings is 3. The molecule has 1 heterocycles. The fourth-order valence-corrected chi connectivity index (χ4v) is 3.84. The van der Waals surface area contributed by atoms with Crippen LogP contribution in [0.4, 0.5) is 5.69 Å². The Labute approximate surface area is 143 Å². The highest BCUT2D eigenvalue weighted by Gasteiger charge is 2.18. The molecule has 0 aromatic heterocycles. The van der Waals surface area contributed by atoms with Crippen molar-refractivity contribution in [2.45, 2.75) is 9.79 Å². The average molecular weight is 331 g/mol. The van der Waals surface area contributed by atoms with Crippen molar-refractivity contribution in [2.75, 3.05) is 0 Å². The van der Waals surface area contributed by atoms with Crippen molar-refractivity contribution >= 4 is 29.6 Å². The minimum absolute atomic E-state index is 0.297. The molecule has 3 aromatic rings. The third-order valence-corrected chi connectivity index (χ3v) is 5.07. The average Bonchev–Trinajstić information content (AvgIpc) is 2.80. The maximum absolute atomic E-state index is 11.6. The van der Waals surface area contributed by atoms with Crippen molar-refractivity contribution < 1.29 is 9.90 Å². The number of fused-ring (bicyclic) bond motifs is 2. The van der Waals surface area contributed by atoms with Gasteiger partial charge in [0.15, 0.2) is 0 Å². The van der Waals surface area contributed by atoms with Crippen molar-refractivity contribution in [1.82, 2.24) is 0 Å². The summed E-state index contributed by atoms with van der Waals surface area (Å²) in [7, 11) is 0. The Bertz CT molecular complexity index is 979. The Morgan fingerprint density at radius 3 is 2.42 bits per heavy atom. The van der Waals surface area contributed by atoms with Gasteiger partial charge in [-0.25, -0.2) is 4.79 Å². The third-order valence-electron chi connectivity index (χ3n) is 3.93. The van der Waals surface area contributed by atoms with Gasteiger partial charge in [0.25, 0.3) is 0 Å². The van der Waals surface area contributed by atoms with Gasteiger partial charge in [-0.05, 0) is 35.4 Å². The van der Waals surface area contributed by atoms with E-state index in [2.05, 4.69) is 4.99 Å². The number of aromatic carboxylic acids is 1. The topological polar surface area (TPSA) is 49.7 Å². The molecule has 1 N–H and O–H groups in total. The first-order valence-corrected chi connectivity index (χ1v) is 8.32. The van der Waals surface area contributed by atoms with E-state index in [1.54, 1.807) is 23.9 Å². The van der Waals surface area contributed by atoms with Gasteiger partial charge in [-0.15, -0.1) is 0 Å². The number of carboxylic acids is 1. The zero-order valence-corrected chi connectivity index (χ0v) is 13.5. The first kappa shape index (κ1) is 14.7. The first-order chi connectivity index (χ1) is 11.7. The van der Waals surface area contributed by atoms with E-state index >= 15 is 0 Å². The summed E-state index contributed by atoms with van der Waals surface area (Å²) < 4.78 is 0. The molecule has 0 saturated carbocycles. The van der Waals surface area contributed by atoms with E-state index in [4.69, 9.17) is 0 Å². The minimum Gasteiger partial charge on any atom is -0.478 e. The van der Waals surface area contributed by atoms with E-state index in [9.17, 15) is 9.90 Å². The Kier molecular flexibility index (Phi) is 3.67. The molecule has 0 radical (unpaired) electrons. The van der Waals surface area contributed by atoms with Gasteiger partial charge < -0.3 is 5.11 Å². The Morgan fingerprint density at radius 2 is 1.54 bits per heavy atom. The summed E-state index contributed by atoms with van der Waals surface area (Å²) in [5.41, 5.74) is 3.77. The molecule has 0 fully saturated rings. The normalized spacial score (nSPS) is 12.2. The van der Waals surface area contributed by atoms with Crippen LogP contribution in [0.15, 0.2) is 81.5 Å². The van der Waals surface area contributed by atoms with Gasteiger partial charge >= 0.3 is 5.97 Å². The molecule has 0 unspecified atom stereocenters. The van der Waals surface area contributed by atoms with E-state index < -0.39 is 5.97 Å². The smallest absolute Gasteiger partial charge is 0.336 e. The molecule has 24 heavy (non-hydrogen) atoms. The Hall–Kier alpha value is -2.85. The SMILES string of the molecule is O=C(O)c1ccccc1-c1cccc2c1C=Nc1ccccc1S2. The van der Waals surface area contributed by atoms with Crippen LogP contribution in [0, 0.1) is 0 Å². The number of para-hydroxylation sites is 1. The lowest BCUT2D eigenvalue weighted by Gasteiger charge is -2.12. The summed E-state index contributed by atoms with van der Waals surface area (Å²) in [5.74, 6) is -0.926. The number of carboxylic acid groups (broad SMARTS) is 1. The lowest BCUT2D eigenvalue weighted by Crippen LogP contribution is -2.01. The Morgan fingerprint density at radius 1 is 0.833 bits per heavy atom. The van der Waals surface area contributed by atoms with Gasteiger partial charge in [0.1, 0.15) is 0 Å². The van der Waals surface area contributed by atoms with Gasteiger partial charge in [-0.2, -0.15) is 0 Å². The van der Waals surface area contributed by atoms with Crippen molar-refractivity contribution in [3.8, 4) is 11.1 Å². The highest BCUT2D eigenvalue weighted by molar-refractivity contribution is 7.99. The monoisotopic (exact) mass is 331 g/mol. The largest absolute Gasteiger partial charge is 0.478 e. The summed E-state index contributed by atoms with van der Waals surface area (Å²) in [6, 6.07) is 21.0. The van der Waals surface area contributed by atoms with Crippen LogP contribution in [0.1, 0.15) is 15.9 Å². The van der Waals surface area contributed by atoms with Gasteiger partial charge in [0, 0.05) is 21.6 Å². The summed E-state index contributed by atoms with van der Waals surface area (Å²) in [6.07, 6.45) is 1.84. The number of carbonyl (C=O) groups is 1. The number of nitrogens with zero attached hydrogens (tertiary/aromatic N) is 1. The van der Waals surface area contributed by atoms with E-state index in [0.717, 1.165) is 26.6 Å². The predicted octanol–water partition coefficient (Wildman–Crippen LogP) is 5.27. The summed E-state index contributed by atoms with van der Waals surface area (Å²) in [4.78, 5) is 18.3. The van der Waals surface area contributed by atoms with E-state index in [0.29, 0.717) is 11.1 Å². The second-order valence-electron chi connectivity index (χ2n) is 5.40. The van der Waals surface area contributed by atoms with E-state index in [-0.39, 0.29) is 0 Å². The van der Waals surface area contributed by atoms with Gasteiger partial charge in [-0.1, -0.05) is 54.2 Å². The molecule has 0 aliphatic carbocycles. The molecular formula is C20H13NO2S. The highest BCUT2D eigenvalue weighted by Crippen LogP contribution is 2.41. The van der Waals surface area contributed by atoms with E-state index in [1.807, 2.05) is 60.8 Å². The molecule has 0 amide bonds. The molecule has 1 aliphatic heterocycles. The van der Waals surface area contributed by atoms with Crippen molar-refractivity contribution in [1.29, 1.82) is 0 Å². The molecule has 0 saturated heterocycles. The predicted molar refractivity (Wildman–Crippen MR) is 96.7 cm³/mol. The molecule has 0 bridgehead atoms. The number of rotatable bonds is 2. The van der Waals surface area contributed by atoms with Crippen LogP contribution in [0.3, 0.4) is 0 Å². The quantitative estimate of drug-likeness (QED) is 0.544. The van der Waals surface area contributed by atoms with Crippen LogP contribution in [-0.4, -0.2) is 17.3 Å². The first-order valence-electron chi connectivity index (χ1n) is 7.51. The zero-order valence-electron chi connectivity index (χ0n) is 12.6. The summed E-state index contributed by atoms with van der Waals surface area (Å²) >= 11 is 1.65. The molecule has 0 spiro atoms. The fraction of sp³-hybridized carbons (Fsp3) is 0. The Balaban J connectivity index is 1.93. The van der Waals surface area contributed by atoms with Crippen LogP contribution in [0.5, 0.6) is 0 Å². The second kappa shape index (κ2) is 5.98. The molecule has 1 aliphatic rings. The zero-order chi connectivity index (χ0) is 16.5.